The van der Waals surface area contributed by atoms with Crippen molar-refractivity contribution in [3.05, 3.63) is 58.0 Å². The number of carboxylic acid groups (broad SMARTS) is 1. The molecule has 0 fully saturated rings. The highest BCUT2D eigenvalue weighted by atomic mass is 16.4. The molecule has 0 atom stereocenters. The molecule has 0 spiro atoms. The van der Waals surface area contributed by atoms with Crippen LogP contribution >= 0.6 is 0 Å². The summed E-state index contributed by atoms with van der Waals surface area (Å²) in [7, 11) is 0. The van der Waals surface area contributed by atoms with Gasteiger partial charge in [-0.05, 0) is 24.3 Å². The number of anilines is 1. The second-order valence-corrected chi connectivity index (χ2v) is 3.92. The van der Waals surface area contributed by atoms with E-state index in [-0.39, 0.29) is 22.7 Å². The normalized spacial score (nSPS) is 10.0. The number of hydrogen-bond acceptors (Lipinski definition) is 4. The lowest BCUT2D eigenvalue weighted by atomic mass is 10.2. The standard InChI is InChI=1S/C13H10N2O5/c16-10-6-7(13(19)20)4-5-8(10)15-12(18)9-2-1-3-11(17)14-9/h1-6,16H,(H,14,17)(H,15,18)(H,19,20). The van der Waals surface area contributed by atoms with Gasteiger partial charge < -0.3 is 20.5 Å². The number of hydrogen-bond donors (Lipinski definition) is 4. The number of carboxylic acids is 1. The molecule has 0 aliphatic carbocycles. The van der Waals surface area contributed by atoms with Gasteiger partial charge in [0.15, 0.2) is 0 Å². The minimum Gasteiger partial charge on any atom is -0.506 e. The zero-order valence-corrected chi connectivity index (χ0v) is 10.1. The molecule has 102 valence electrons. The number of amides is 1. The Morgan fingerprint density at radius 2 is 1.90 bits per heavy atom. The van der Waals surface area contributed by atoms with Crippen molar-refractivity contribution in [2.45, 2.75) is 0 Å². The summed E-state index contributed by atoms with van der Waals surface area (Å²) in [5.41, 5.74) is -0.458. The number of aromatic nitrogens is 1. The third-order valence-electron chi connectivity index (χ3n) is 2.51. The molecule has 1 heterocycles. The largest absolute Gasteiger partial charge is 0.506 e. The highest BCUT2D eigenvalue weighted by molar-refractivity contribution is 6.04. The first-order valence-electron chi connectivity index (χ1n) is 5.54. The molecule has 0 bridgehead atoms. The van der Waals surface area contributed by atoms with Gasteiger partial charge in [0.1, 0.15) is 11.4 Å². The highest BCUT2D eigenvalue weighted by Crippen LogP contribution is 2.24. The van der Waals surface area contributed by atoms with Crippen LogP contribution in [-0.2, 0) is 0 Å². The van der Waals surface area contributed by atoms with Gasteiger partial charge in [0.05, 0.1) is 11.3 Å². The molecular formula is C13H10N2O5. The van der Waals surface area contributed by atoms with Gasteiger partial charge in [-0.25, -0.2) is 4.79 Å². The molecule has 2 rings (SSSR count). The SMILES string of the molecule is O=C(O)c1ccc(NC(=O)c2cccc(=O)[nH]2)c(O)c1. The van der Waals surface area contributed by atoms with Crippen molar-refractivity contribution in [1.82, 2.24) is 4.98 Å². The molecule has 7 heteroatoms. The quantitative estimate of drug-likeness (QED) is 0.623. The summed E-state index contributed by atoms with van der Waals surface area (Å²) in [6.07, 6.45) is 0. The number of phenols is 1. The summed E-state index contributed by atoms with van der Waals surface area (Å²) in [6, 6.07) is 7.60. The van der Waals surface area contributed by atoms with E-state index in [1.165, 1.54) is 30.3 Å². The van der Waals surface area contributed by atoms with Crippen LogP contribution in [0.2, 0.25) is 0 Å². The van der Waals surface area contributed by atoms with E-state index in [1.54, 1.807) is 0 Å². The molecule has 0 saturated carbocycles. The average molecular weight is 274 g/mol. The van der Waals surface area contributed by atoms with Crippen molar-refractivity contribution in [2.75, 3.05) is 5.32 Å². The van der Waals surface area contributed by atoms with E-state index in [9.17, 15) is 19.5 Å². The van der Waals surface area contributed by atoms with Gasteiger partial charge in [-0.15, -0.1) is 0 Å². The van der Waals surface area contributed by atoms with Gasteiger partial charge in [-0.2, -0.15) is 0 Å². The van der Waals surface area contributed by atoms with Crippen molar-refractivity contribution in [3.63, 3.8) is 0 Å². The Kier molecular flexibility index (Phi) is 3.52. The molecule has 0 saturated heterocycles. The van der Waals surface area contributed by atoms with Crippen molar-refractivity contribution >= 4 is 17.6 Å². The Morgan fingerprint density at radius 3 is 2.50 bits per heavy atom. The summed E-state index contributed by atoms with van der Waals surface area (Å²) in [4.78, 5) is 36.0. The molecule has 20 heavy (non-hydrogen) atoms. The third-order valence-corrected chi connectivity index (χ3v) is 2.51. The Balaban J connectivity index is 2.24. The number of rotatable bonds is 3. The second kappa shape index (κ2) is 5.27. The Labute approximate surface area is 112 Å². The van der Waals surface area contributed by atoms with E-state index < -0.39 is 17.4 Å². The second-order valence-electron chi connectivity index (χ2n) is 3.92. The maximum absolute atomic E-state index is 11.8. The van der Waals surface area contributed by atoms with Crippen LogP contribution in [0.15, 0.2) is 41.2 Å². The molecule has 4 N–H and O–H groups in total. The van der Waals surface area contributed by atoms with E-state index in [0.717, 1.165) is 6.07 Å². The van der Waals surface area contributed by atoms with Gasteiger partial charge >= 0.3 is 5.97 Å². The van der Waals surface area contributed by atoms with Crippen LogP contribution in [0.3, 0.4) is 0 Å². The van der Waals surface area contributed by atoms with Gasteiger partial charge in [-0.1, -0.05) is 6.07 Å². The first kappa shape index (κ1) is 13.3. The number of phenolic OH excluding ortho intramolecular Hbond substituents is 1. The summed E-state index contributed by atoms with van der Waals surface area (Å²) in [6.45, 7) is 0. The average Bonchev–Trinajstić information content (AvgIpc) is 2.40. The van der Waals surface area contributed by atoms with Crippen LogP contribution in [0.5, 0.6) is 5.75 Å². The Hall–Kier alpha value is -3.09. The molecule has 1 aromatic carbocycles. The van der Waals surface area contributed by atoms with Crippen LogP contribution in [0.4, 0.5) is 5.69 Å². The number of nitrogens with one attached hydrogen (secondary N) is 2. The fraction of sp³-hybridized carbons (Fsp3) is 0. The number of carbonyl (C=O) groups is 2. The Bertz CT molecular complexity index is 736. The Morgan fingerprint density at radius 1 is 1.15 bits per heavy atom. The minimum absolute atomic E-state index is 0.0270. The topological polar surface area (TPSA) is 119 Å². The summed E-state index contributed by atoms with van der Waals surface area (Å²) in [5, 5.41) is 20.8. The predicted molar refractivity (Wildman–Crippen MR) is 70.1 cm³/mol. The first-order chi connectivity index (χ1) is 9.47. The van der Waals surface area contributed by atoms with Crippen molar-refractivity contribution < 1.29 is 19.8 Å². The number of aromatic carboxylic acids is 1. The smallest absolute Gasteiger partial charge is 0.335 e. The van der Waals surface area contributed by atoms with Gasteiger partial charge in [0.2, 0.25) is 5.56 Å². The van der Waals surface area contributed by atoms with E-state index in [2.05, 4.69) is 10.3 Å². The monoisotopic (exact) mass is 274 g/mol. The van der Waals surface area contributed by atoms with Gasteiger partial charge in [-0.3, -0.25) is 9.59 Å². The van der Waals surface area contributed by atoms with Crippen LogP contribution in [0.25, 0.3) is 0 Å². The molecule has 1 amide bonds. The summed E-state index contributed by atoms with van der Waals surface area (Å²) >= 11 is 0. The lowest BCUT2D eigenvalue weighted by molar-refractivity contribution is 0.0696. The van der Waals surface area contributed by atoms with E-state index in [1.807, 2.05) is 0 Å². The fourth-order valence-corrected chi connectivity index (χ4v) is 1.54. The molecule has 7 nitrogen and oxygen atoms in total. The fourth-order valence-electron chi connectivity index (χ4n) is 1.54. The molecule has 0 radical (unpaired) electrons. The molecule has 0 unspecified atom stereocenters. The molecular weight excluding hydrogens is 264 g/mol. The molecule has 0 aliphatic rings. The number of benzene rings is 1. The van der Waals surface area contributed by atoms with Crippen molar-refractivity contribution in [1.29, 1.82) is 0 Å². The maximum atomic E-state index is 11.8. The predicted octanol–water partition coefficient (Wildman–Crippen LogP) is 1.03. The van der Waals surface area contributed by atoms with Crippen molar-refractivity contribution in [3.8, 4) is 5.75 Å². The lowest BCUT2D eigenvalue weighted by Crippen LogP contribution is -2.18. The highest BCUT2D eigenvalue weighted by Gasteiger charge is 2.12. The van der Waals surface area contributed by atoms with E-state index >= 15 is 0 Å². The molecule has 2 aromatic rings. The van der Waals surface area contributed by atoms with Crippen molar-refractivity contribution in [2.24, 2.45) is 0 Å². The maximum Gasteiger partial charge on any atom is 0.335 e. The van der Waals surface area contributed by atoms with E-state index in [0.29, 0.717) is 0 Å². The van der Waals surface area contributed by atoms with Crippen LogP contribution in [0, 0.1) is 0 Å². The lowest BCUT2D eigenvalue weighted by Gasteiger charge is -2.07. The summed E-state index contributed by atoms with van der Waals surface area (Å²) in [5.74, 6) is -2.19. The molecule has 0 aliphatic heterocycles. The third kappa shape index (κ3) is 2.83. The number of pyridine rings is 1. The van der Waals surface area contributed by atoms with Gasteiger partial charge in [0, 0.05) is 6.07 Å². The number of aromatic amines is 1. The van der Waals surface area contributed by atoms with Crippen LogP contribution in [-0.4, -0.2) is 27.1 Å². The zero-order chi connectivity index (χ0) is 14.7. The number of H-pyrrole nitrogens is 1. The zero-order valence-electron chi connectivity index (χ0n) is 10.1. The number of aromatic hydroxyl groups is 1. The minimum atomic E-state index is -1.19. The van der Waals surface area contributed by atoms with Gasteiger partial charge in [0.25, 0.3) is 5.91 Å². The van der Waals surface area contributed by atoms with E-state index in [4.69, 9.17) is 5.11 Å². The summed E-state index contributed by atoms with van der Waals surface area (Å²) < 4.78 is 0. The van der Waals surface area contributed by atoms with Crippen LogP contribution in [0.1, 0.15) is 20.8 Å². The van der Waals surface area contributed by atoms with Crippen LogP contribution < -0.4 is 10.9 Å². The number of carbonyl (C=O) groups excluding carboxylic acids is 1. The molecule has 1 aromatic heterocycles. The first-order valence-corrected chi connectivity index (χ1v) is 5.54.